The molecule has 0 radical (unpaired) electrons. The van der Waals surface area contributed by atoms with Crippen LogP contribution in [0.2, 0.25) is 0 Å². The first-order chi connectivity index (χ1) is 9.14. The molecule has 1 amide bonds. The number of rotatable bonds is 3. The molecule has 2 fully saturated rings. The molecule has 0 bridgehead atoms. The average molecular weight is 285 g/mol. The summed E-state index contributed by atoms with van der Waals surface area (Å²) in [7, 11) is 0. The molecule has 0 unspecified atom stereocenters. The minimum Gasteiger partial charge on any atom is -0.481 e. The van der Waals surface area contributed by atoms with Gasteiger partial charge in [-0.1, -0.05) is 25.7 Å². The minimum absolute atomic E-state index is 0.0459. The molecule has 0 aromatic carbocycles. The lowest BCUT2D eigenvalue weighted by molar-refractivity contribution is -0.154. The Labute approximate surface area is 118 Å². The third kappa shape index (κ3) is 3.65. The molecule has 2 rings (SSSR count). The Balaban J connectivity index is 2.02. The molecular weight excluding hydrogens is 262 g/mol. The number of nitrogens with zero attached hydrogens (tertiary/aromatic N) is 1. The Hall–Kier alpha value is -0.710. The largest absolute Gasteiger partial charge is 0.481 e. The zero-order valence-electron chi connectivity index (χ0n) is 11.4. The number of aliphatic carboxylic acids is 1. The zero-order valence-corrected chi connectivity index (χ0v) is 12.2. The molecule has 0 atom stereocenters. The summed E-state index contributed by atoms with van der Waals surface area (Å²) in [6.07, 6.45) is 5.61. The molecule has 1 aliphatic heterocycles. The van der Waals surface area contributed by atoms with Crippen molar-refractivity contribution in [3.05, 3.63) is 0 Å². The van der Waals surface area contributed by atoms with E-state index in [0.717, 1.165) is 50.3 Å². The van der Waals surface area contributed by atoms with Crippen LogP contribution < -0.4 is 0 Å². The van der Waals surface area contributed by atoms with E-state index in [1.807, 2.05) is 16.7 Å². The maximum absolute atomic E-state index is 12.3. The summed E-state index contributed by atoms with van der Waals surface area (Å²) < 4.78 is 0. The summed E-state index contributed by atoms with van der Waals surface area (Å²) in [5.74, 6) is 1.23. The number of carboxylic acid groups (broad SMARTS) is 1. The van der Waals surface area contributed by atoms with Gasteiger partial charge in [0.25, 0.3) is 0 Å². The van der Waals surface area contributed by atoms with Crippen LogP contribution in [0.15, 0.2) is 0 Å². The summed E-state index contributed by atoms with van der Waals surface area (Å²) in [6.45, 7) is 1.55. The van der Waals surface area contributed by atoms with E-state index < -0.39 is 11.4 Å². The highest BCUT2D eigenvalue weighted by Gasteiger charge is 2.41. The lowest BCUT2D eigenvalue weighted by Gasteiger charge is -2.32. The van der Waals surface area contributed by atoms with Gasteiger partial charge in [0.15, 0.2) is 0 Å². The SMILES string of the molecule is O=C(CC1(C(=O)O)CCCCCC1)N1CCSCC1. The van der Waals surface area contributed by atoms with Crippen LogP contribution in [-0.2, 0) is 9.59 Å². The maximum atomic E-state index is 12.3. The molecule has 0 aromatic heterocycles. The van der Waals surface area contributed by atoms with Gasteiger partial charge in [-0.05, 0) is 12.8 Å². The Morgan fingerprint density at radius 2 is 1.63 bits per heavy atom. The number of thioether (sulfide) groups is 1. The summed E-state index contributed by atoms with van der Waals surface area (Å²) in [5.41, 5.74) is -0.793. The van der Waals surface area contributed by atoms with Crippen molar-refractivity contribution in [2.24, 2.45) is 5.41 Å². The molecule has 0 spiro atoms. The second-order valence-electron chi connectivity index (χ2n) is 5.67. The number of hydrogen-bond donors (Lipinski definition) is 1. The average Bonchev–Trinajstić information content (AvgIpc) is 2.66. The maximum Gasteiger partial charge on any atom is 0.310 e. The summed E-state index contributed by atoms with van der Waals surface area (Å²) in [4.78, 5) is 25.9. The molecule has 1 aliphatic carbocycles. The zero-order chi connectivity index (χ0) is 13.7. The Bertz CT molecular complexity index is 332. The van der Waals surface area contributed by atoms with Gasteiger partial charge in [-0.2, -0.15) is 11.8 Å². The van der Waals surface area contributed by atoms with Crippen molar-refractivity contribution >= 4 is 23.6 Å². The van der Waals surface area contributed by atoms with Crippen LogP contribution in [0.5, 0.6) is 0 Å². The van der Waals surface area contributed by atoms with E-state index in [1.165, 1.54) is 0 Å². The van der Waals surface area contributed by atoms with Gasteiger partial charge in [0.1, 0.15) is 0 Å². The fraction of sp³-hybridized carbons (Fsp3) is 0.857. The van der Waals surface area contributed by atoms with Gasteiger partial charge in [-0.15, -0.1) is 0 Å². The third-order valence-electron chi connectivity index (χ3n) is 4.37. The Morgan fingerprint density at radius 1 is 1.05 bits per heavy atom. The van der Waals surface area contributed by atoms with Crippen molar-refractivity contribution in [2.75, 3.05) is 24.6 Å². The first-order valence-electron chi connectivity index (χ1n) is 7.23. The molecule has 1 saturated carbocycles. The fourth-order valence-electron chi connectivity index (χ4n) is 3.09. The molecule has 1 saturated heterocycles. The first-order valence-corrected chi connectivity index (χ1v) is 8.38. The van der Waals surface area contributed by atoms with Crippen LogP contribution in [0.25, 0.3) is 0 Å². The van der Waals surface area contributed by atoms with E-state index >= 15 is 0 Å². The van der Waals surface area contributed by atoms with E-state index in [2.05, 4.69) is 0 Å². The van der Waals surface area contributed by atoms with Crippen LogP contribution in [-0.4, -0.2) is 46.5 Å². The van der Waals surface area contributed by atoms with Gasteiger partial charge in [-0.3, -0.25) is 9.59 Å². The van der Waals surface area contributed by atoms with Gasteiger partial charge < -0.3 is 10.0 Å². The van der Waals surface area contributed by atoms with Crippen molar-refractivity contribution < 1.29 is 14.7 Å². The summed E-state index contributed by atoms with van der Waals surface area (Å²) in [6, 6.07) is 0. The van der Waals surface area contributed by atoms with E-state index in [4.69, 9.17) is 0 Å². The van der Waals surface area contributed by atoms with Gasteiger partial charge in [0.05, 0.1) is 5.41 Å². The van der Waals surface area contributed by atoms with Crippen LogP contribution in [0, 0.1) is 5.41 Å². The lowest BCUT2D eigenvalue weighted by Crippen LogP contribution is -2.43. The van der Waals surface area contributed by atoms with Gasteiger partial charge >= 0.3 is 5.97 Å². The first kappa shape index (κ1) is 14.7. The molecular formula is C14H23NO3S. The van der Waals surface area contributed by atoms with Crippen LogP contribution in [0.1, 0.15) is 44.9 Å². The van der Waals surface area contributed by atoms with Crippen molar-refractivity contribution in [3.8, 4) is 0 Å². The van der Waals surface area contributed by atoms with E-state index in [0.29, 0.717) is 12.8 Å². The molecule has 19 heavy (non-hydrogen) atoms. The smallest absolute Gasteiger partial charge is 0.310 e. The highest BCUT2D eigenvalue weighted by Crippen LogP contribution is 2.39. The van der Waals surface area contributed by atoms with E-state index in [9.17, 15) is 14.7 Å². The molecule has 1 N–H and O–H groups in total. The quantitative estimate of drug-likeness (QED) is 0.809. The monoisotopic (exact) mass is 285 g/mol. The number of carbonyl (C=O) groups is 2. The second-order valence-corrected chi connectivity index (χ2v) is 6.89. The summed E-state index contributed by atoms with van der Waals surface area (Å²) >= 11 is 1.86. The Morgan fingerprint density at radius 3 is 2.16 bits per heavy atom. The number of hydrogen-bond acceptors (Lipinski definition) is 3. The standard InChI is InChI=1S/C14H23NO3S/c16-12(15-7-9-19-10-8-15)11-14(13(17)18)5-3-1-2-4-6-14/h1-11H2,(H,17,18). The minimum atomic E-state index is -0.793. The predicted octanol–water partition coefficient (Wildman–Crippen LogP) is 2.38. The second kappa shape index (κ2) is 6.64. The van der Waals surface area contributed by atoms with Crippen molar-refractivity contribution in [2.45, 2.75) is 44.9 Å². The van der Waals surface area contributed by atoms with Gasteiger partial charge in [0, 0.05) is 31.0 Å². The number of amides is 1. The van der Waals surface area contributed by atoms with Crippen molar-refractivity contribution in [1.82, 2.24) is 4.90 Å². The predicted molar refractivity (Wildman–Crippen MR) is 76.3 cm³/mol. The van der Waals surface area contributed by atoms with E-state index in [1.54, 1.807) is 0 Å². The van der Waals surface area contributed by atoms with Crippen molar-refractivity contribution in [3.63, 3.8) is 0 Å². The van der Waals surface area contributed by atoms with Crippen LogP contribution in [0.3, 0.4) is 0 Å². The van der Waals surface area contributed by atoms with Gasteiger partial charge in [-0.25, -0.2) is 0 Å². The number of carbonyl (C=O) groups excluding carboxylic acids is 1. The van der Waals surface area contributed by atoms with Gasteiger partial charge in [0.2, 0.25) is 5.91 Å². The fourth-order valence-corrected chi connectivity index (χ4v) is 3.99. The van der Waals surface area contributed by atoms with Crippen LogP contribution in [0.4, 0.5) is 0 Å². The third-order valence-corrected chi connectivity index (χ3v) is 5.31. The summed E-state index contributed by atoms with van der Waals surface area (Å²) in [5, 5.41) is 9.59. The molecule has 108 valence electrons. The molecule has 4 nitrogen and oxygen atoms in total. The van der Waals surface area contributed by atoms with Crippen molar-refractivity contribution in [1.29, 1.82) is 0 Å². The number of carboxylic acids is 1. The molecule has 2 aliphatic rings. The highest BCUT2D eigenvalue weighted by molar-refractivity contribution is 7.99. The molecule has 0 aromatic rings. The lowest BCUT2D eigenvalue weighted by atomic mass is 9.77. The normalized spacial score (nSPS) is 23.7. The molecule has 1 heterocycles. The Kier molecular flexibility index (Phi) is 5.13. The highest BCUT2D eigenvalue weighted by atomic mass is 32.2. The molecule has 5 heteroatoms. The van der Waals surface area contributed by atoms with Crippen LogP contribution >= 0.6 is 11.8 Å². The van der Waals surface area contributed by atoms with E-state index in [-0.39, 0.29) is 12.3 Å². The topological polar surface area (TPSA) is 57.6 Å².